The first-order valence-corrected chi connectivity index (χ1v) is 16.2. The van der Waals surface area contributed by atoms with Crippen molar-refractivity contribution in [2.24, 2.45) is 5.41 Å². The number of ether oxygens (including phenoxy) is 1. The Morgan fingerprint density at radius 1 is 0.979 bits per heavy atom. The van der Waals surface area contributed by atoms with Crippen LogP contribution in [0.4, 0.5) is 26.1 Å². The number of benzene rings is 2. The molecule has 3 N–H and O–H groups in total. The average molecular weight is 661 g/mol. The number of aromatic nitrogens is 2. The summed E-state index contributed by atoms with van der Waals surface area (Å²) in [5.41, 5.74) is 4.36. The molecule has 0 atom stereocenters. The van der Waals surface area contributed by atoms with Gasteiger partial charge in [0.15, 0.2) is 0 Å². The third kappa shape index (κ3) is 10.7. The van der Waals surface area contributed by atoms with Gasteiger partial charge in [-0.1, -0.05) is 38.1 Å². The summed E-state index contributed by atoms with van der Waals surface area (Å²) in [7, 11) is 0. The normalized spacial score (nSPS) is 14.1. The third-order valence-electron chi connectivity index (χ3n) is 7.93. The van der Waals surface area contributed by atoms with Gasteiger partial charge in [-0.25, -0.2) is 18.7 Å². The van der Waals surface area contributed by atoms with Gasteiger partial charge < -0.3 is 25.2 Å². The summed E-state index contributed by atoms with van der Waals surface area (Å²) in [5, 5.41) is 21.6. The summed E-state index contributed by atoms with van der Waals surface area (Å²) in [5.74, 6) is -0.0390. The van der Waals surface area contributed by atoms with Gasteiger partial charge in [-0.2, -0.15) is 0 Å². The van der Waals surface area contributed by atoms with Crippen molar-refractivity contribution in [3.63, 3.8) is 0 Å². The van der Waals surface area contributed by atoms with E-state index >= 15 is 0 Å². The van der Waals surface area contributed by atoms with E-state index in [4.69, 9.17) is 14.8 Å². The van der Waals surface area contributed by atoms with Gasteiger partial charge in [0.25, 0.3) is 0 Å². The van der Waals surface area contributed by atoms with E-state index in [1.54, 1.807) is 39.0 Å². The van der Waals surface area contributed by atoms with Crippen molar-refractivity contribution in [3.8, 4) is 16.9 Å². The lowest BCUT2D eigenvalue weighted by atomic mass is 9.82. The summed E-state index contributed by atoms with van der Waals surface area (Å²) in [6.45, 7) is 13.5. The number of nitrogens with one attached hydrogen (secondary N) is 1. The van der Waals surface area contributed by atoms with Crippen LogP contribution in [0.2, 0.25) is 0 Å². The molecule has 2 aromatic heterocycles. The number of aliphatic hydroxyl groups is 1. The SMILES string of the molecule is CC(C)(C)O.Cc1nc(Nc2ccc(F)cn2)c(-c2ccc(OCCc3ccc(F)cc3)cc2)c(N2CCC(C)(C)CC2)c1CC(=O)O. The van der Waals surface area contributed by atoms with Crippen molar-refractivity contribution in [1.82, 2.24) is 9.97 Å². The number of carbonyl (C=O) groups is 1. The predicted molar refractivity (Wildman–Crippen MR) is 186 cm³/mol. The maximum absolute atomic E-state index is 13.6. The number of aryl methyl sites for hydroxylation is 1. The molecule has 0 aliphatic carbocycles. The number of hydrogen-bond acceptors (Lipinski definition) is 7. The zero-order valence-electron chi connectivity index (χ0n) is 28.6. The van der Waals surface area contributed by atoms with Crippen molar-refractivity contribution < 1.29 is 28.5 Å². The summed E-state index contributed by atoms with van der Waals surface area (Å²) in [6.07, 6.45) is 3.53. The molecule has 48 heavy (non-hydrogen) atoms. The molecule has 4 aromatic rings. The number of halogens is 2. The Labute approximate surface area is 281 Å². The van der Waals surface area contributed by atoms with Crippen LogP contribution in [0.1, 0.15) is 64.3 Å². The zero-order chi connectivity index (χ0) is 35.1. The maximum atomic E-state index is 13.6. The highest BCUT2D eigenvalue weighted by molar-refractivity contribution is 5.92. The van der Waals surface area contributed by atoms with Crippen LogP contribution in [0.15, 0.2) is 66.9 Å². The number of nitrogens with zero attached hydrogens (tertiary/aromatic N) is 3. The topological polar surface area (TPSA) is 108 Å². The Bertz CT molecular complexity index is 1650. The van der Waals surface area contributed by atoms with Gasteiger partial charge in [-0.3, -0.25) is 4.79 Å². The highest BCUT2D eigenvalue weighted by Gasteiger charge is 2.31. The van der Waals surface area contributed by atoms with Gasteiger partial charge in [-0.15, -0.1) is 0 Å². The molecule has 1 saturated heterocycles. The first-order chi connectivity index (χ1) is 22.6. The molecule has 1 aliphatic heterocycles. The van der Waals surface area contributed by atoms with E-state index in [2.05, 4.69) is 29.0 Å². The molecule has 1 fully saturated rings. The van der Waals surface area contributed by atoms with Gasteiger partial charge in [0.1, 0.15) is 29.0 Å². The summed E-state index contributed by atoms with van der Waals surface area (Å²) in [4.78, 5) is 23.3. The maximum Gasteiger partial charge on any atom is 0.307 e. The fourth-order valence-electron chi connectivity index (χ4n) is 5.36. The van der Waals surface area contributed by atoms with Crippen molar-refractivity contribution in [1.29, 1.82) is 0 Å². The van der Waals surface area contributed by atoms with Crippen molar-refractivity contribution in [3.05, 3.63) is 95.3 Å². The molecule has 0 unspecified atom stereocenters. The minimum atomic E-state index is -0.930. The minimum absolute atomic E-state index is 0.166. The first kappa shape index (κ1) is 36.3. The van der Waals surface area contributed by atoms with Crippen LogP contribution in [0.25, 0.3) is 11.1 Å². The number of aliphatic carboxylic acids is 1. The molecule has 8 nitrogen and oxygen atoms in total. The van der Waals surface area contributed by atoms with E-state index in [0.29, 0.717) is 41.7 Å². The van der Waals surface area contributed by atoms with Crippen LogP contribution >= 0.6 is 0 Å². The highest BCUT2D eigenvalue weighted by atomic mass is 19.1. The van der Waals surface area contributed by atoms with Crippen LogP contribution in [-0.4, -0.2) is 51.4 Å². The monoisotopic (exact) mass is 660 g/mol. The quantitative estimate of drug-likeness (QED) is 0.157. The second-order valence-corrected chi connectivity index (χ2v) is 13.9. The van der Waals surface area contributed by atoms with E-state index in [1.807, 2.05) is 31.2 Å². The van der Waals surface area contributed by atoms with Crippen LogP contribution in [-0.2, 0) is 17.6 Å². The second-order valence-electron chi connectivity index (χ2n) is 13.9. The fraction of sp³-hybridized carbons (Fsp3) is 0.395. The lowest BCUT2D eigenvalue weighted by Gasteiger charge is -2.40. The first-order valence-electron chi connectivity index (χ1n) is 16.2. The summed E-state index contributed by atoms with van der Waals surface area (Å²) >= 11 is 0. The van der Waals surface area contributed by atoms with E-state index in [0.717, 1.165) is 54.5 Å². The molecular formula is C38H46F2N4O4. The Morgan fingerprint density at radius 2 is 1.58 bits per heavy atom. The molecule has 0 saturated carbocycles. The van der Waals surface area contributed by atoms with Gasteiger partial charge in [-0.05, 0) is 93.5 Å². The average Bonchev–Trinajstić information content (AvgIpc) is 3.00. The molecule has 0 bridgehead atoms. The molecule has 0 amide bonds. The second kappa shape index (κ2) is 15.6. The van der Waals surface area contributed by atoms with Gasteiger partial charge in [0.2, 0.25) is 0 Å². The molecule has 256 valence electrons. The molecule has 5 rings (SSSR count). The minimum Gasteiger partial charge on any atom is -0.493 e. The van der Waals surface area contributed by atoms with Crippen LogP contribution in [0.3, 0.4) is 0 Å². The Hall–Kier alpha value is -4.57. The Kier molecular flexibility index (Phi) is 11.8. The number of carboxylic acids is 1. The zero-order valence-corrected chi connectivity index (χ0v) is 28.6. The van der Waals surface area contributed by atoms with E-state index in [-0.39, 0.29) is 17.7 Å². The standard InChI is InChI=1S/C34H36F2N4O3.C4H10O/c1-22-28(20-30(41)42)32(40-17-15-34(2,3)16-18-40)31(33(38-22)39-29-13-10-26(36)21-37-29)24-6-11-27(12-7-24)43-19-14-23-4-8-25(35)9-5-23;1-4(2,3)5/h4-13,21H,14-20H2,1-3H3,(H,41,42)(H,37,38,39);5H,1-3H3. The van der Waals surface area contributed by atoms with Gasteiger partial charge in [0, 0.05) is 36.3 Å². The molecule has 3 heterocycles. The van der Waals surface area contributed by atoms with Crippen molar-refractivity contribution >= 4 is 23.3 Å². The Morgan fingerprint density at radius 3 is 2.15 bits per heavy atom. The predicted octanol–water partition coefficient (Wildman–Crippen LogP) is 8.13. The van der Waals surface area contributed by atoms with Crippen LogP contribution in [0, 0.1) is 24.0 Å². The molecular weight excluding hydrogens is 614 g/mol. The number of rotatable bonds is 10. The molecule has 2 aromatic carbocycles. The van der Waals surface area contributed by atoms with Crippen LogP contribution < -0.4 is 15.0 Å². The van der Waals surface area contributed by atoms with Gasteiger partial charge in [0.05, 0.1) is 30.5 Å². The van der Waals surface area contributed by atoms with E-state index in [1.165, 1.54) is 18.2 Å². The lowest BCUT2D eigenvalue weighted by Crippen LogP contribution is -2.38. The molecule has 0 spiro atoms. The smallest absolute Gasteiger partial charge is 0.307 e. The summed E-state index contributed by atoms with van der Waals surface area (Å²) in [6, 6.07) is 16.9. The Balaban J connectivity index is 0.000000968. The lowest BCUT2D eigenvalue weighted by molar-refractivity contribution is -0.136. The van der Waals surface area contributed by atoms with Crippen LogP contribution in [0.5, 0.6) is 5.75 Å². The summed E-state index contributed by atoms with van der Waals surface area (Å²) < 4.78 is 32.8. The van der Waals surface area contributed by atoms with Crippen molar-refractivity contribution in [2.45, 2.75) is 72.8 Å². The van der Waals surface area contributed by atoms with Crippen molar-refractivity contribution in [2.75, 3.05) is 29.9 Å². The fourth-order valence-corrected chi connectivity index (χ4v) is 5.36. The number of hydrogen-bond donors (Lipinski definition) is 3. The van der Waals surface area contributed by atoms with E-state index in [9.17, 15) is 18.7 Å². The number of piperidine rings is 1. The third-order valence-corrected chi connectivity index (χ3v) is 7.93. The number of carboxylic acid groups (broad SMARTS) is 1. The number of pyridine rings is 2. The molecule has 1 aliphatic rings. The largest absolute Gasteiger partial charge is 0.493 e. The van der Waals surface area contributed by atoms with E-state index < -0.39 is 17.4 Å². The molecule has 10 heteroatoms. The molecule has 0 radical (unpaired) electrons. The number of anilines is 3. The van der Waals surface area contributed by atoms with Gasteiger partial charge >= 0.3 is 5.97 Å². The highest BCUT2D eigenvalue weighted by Crippen LogP contribution is 2.44.